The first-order chi connectivity index (χ1) is 13.0. The van der Waals surface area contributed by atoms with E-state index in [2.05, 4.69) is 35.4 Å². The third kappa shape index (κ3) is 4.98. The third-order valence-corrected chi connectivity index (χ3v) is 6.33. The minimum absolute atomic E-state index is 0.0613. The van der Waals surface area contributed by atoms with Gasteiger partial charge in [0.05, 0.1) is 29.7 Å². The number of benzene rings is 1. The summed E-state index contributed by atoms with van der Waals surface area (Å²) >= 11 is 1.84. The second-order valence-electron chi connectivity index (χ2n) is 7.16. The summed E-state index contributed by atoms with van der Waals surface area (Å²) in [5.41, 5.74) is 1.34. The van der Waals surface area contributed by atoms with E-state index in [4.69, 9.17) is 5.26 Å². The van der Waals surface area contributed by atoms with E-state index in [1.54, 1.807) is 18.5 Å². The molecule has 2 amide bonds. The Morgan fingerprint density at radius 3 is 2.52 bits per heavy atom. The number of aromatic nitrogens is 2. The number of amides is 2. The van der Waals surface area contributed by atoms with Gasteiger partial charge in [-0.25, -0.2) is 4.79 Å². The molecule has 3 rings (SSSR count). The van der Waals surface area contributed by atoms with Gasteiger partial charge in [0.1, 0.15) is 0 Å². The molecule has 0 saturated carbocycles. The van der Waals surface area contributed by atoms with Gasteiger partial charge in [0.2, 0.25) is 0 Å². The van der Waals surface area contributed by atoms with Gasteiger partial charge in [-0.1, -0.05) is 13.8 Å². The van der Waals surface area contributed by atoms with E-state index in [0.717, 1.165) is 25.9 Å². The van der Waals surface area contributed by atoms with E-state index in [1.807, 2.05) is 40.9 Å². The Kier molecular flexibility index (Phi) is 5.97. The maximum Gasteiger partial charge on any atom is 0.321 e. The van der Waals surface area contributed by atoms with Crippen LogP contribution in [0.3, 0.4) is 0 Å². The van der Waals surface area contributed by atoms with Gasteiger partial charge >= 0.3 is 6.03 Å². The molecule has 0 atom stereocenters. The Balaban J connectivity index is 1.54. The standard InChI is InChI=1S/C20H23N5OS/c1-20(2,27-18-5-3-15(13-21)4-6-18)16-8-11-25(12-9-16)19(26)24-17-7-10-22-23-14-17/h3-7,10,14,16H,8-9,11-12H2,1-2H3,(H,22,24,26). The Morgan fingerprint density at radius 1 is 1.22 bits per heavy atom. The quantitative estimate of drug-likeness (QED) is 0.804. The SMILES string of the molecule is CC(C)(Sc1ccc(C#N)cc1)C1CCN(C(=O)Nc2ccnnc2)CC1. The van der Waals surface area contributed by atoms with Crippen LogP contribution in [-0.4, -0.2) is 39.0 Å². The molecule has 2 heterocycles. The molecule has 1 saturated heterocycles. The van der Waals surface area contributed by atoms with Gasteiger partial charge in [0, 0.05) is 22.7 Å². The van der Waals surface area contributed by atoms with Crippen molar-refractivity contribution in [3.05, 3.63) is 48.3 Å². The molecule has 27 heavy (non-hydrogen) atoms. The smallest absolute Gasteiger partial charge is 0.321 e. The average Bonchev–Trinajstić information content (AvgIpc) is 2.69. The zero-order valence-corrected chi connectivity index (χ0v) is 16.4. The maximum atomic E-state index is 12.4. The molecule has 0 radical (unpaired) electrons. The molecule has 2 aromatic rings. The van der Waals surface area contributed by atoms with Crippen molar-refractivity contribution in [1.29, 1.82) is 5.26 Å². The minimum atomic E-state index is -0.0843. The van der Waals surface area contributed by atoms with Crippen molar-refractivity contribution in [2.45, 2.75) is 36.3 Å². The molecule has 7 heteroatoms. The van der Waals surface area contributed by atoms with E-state index in [9.17, 15) is 4.79 Å². The Morgan fingerprint density at radius 2 is 1.93 bits per heavy atom. The van der Waals surface area contributed by atoms with Crippen molar-refractivity contribution in [1.82, 2.24) is 15.1 Å². The molecule has 0 aliphatic carbocycles. The first-order valence-electron chi connectivity index (χ1n) is 9.00. The molecular formula is C20H23N5OS. The predicted octanol–water partition coefficient (Wildman–Crippen LogP) is 4.16. The van der Waals surface area contributed by atoms with Crippen LogP contribution in [0.15, 0.2) is 47.6 Å². The molecule has 0 spiro atoms. The number of carbonyl (C=O) groups excluding carboxylic acids is 1. The van der Waals surface area contributed by atoms with Crippen LogP contribution in [0.2, 0.25) is 0 Å². The number of nitrogens with zero attached hydrogens (tertiary/aromatic N) is 4. The zero-order valence-electron chi connectivity index (χ0n) is 15.6. The van der Waals surface area contributed by atoms with Crippen molar-refractivity contribution >= 4 is 23.5 Å². The van der Waals surface area contributed by atoms with Crippen LogP contribution in [0.4, 0.5) is 10.5 Å². The second-order valence-corrected chi connectivity index (χ2v) is 8.89. The molecule has 6 nitrogen and oxygen atoms in total. The fourth-order valence-corrected chi connectivity index (χ4v) is 4.61. The number of thioether (sulfide) groups is 1. The second kappa shape index (κ2) is 8.40. The van der Waals surface area contributed by atoms with Crippen molar-refractivity contribution in [3.63, 3.8) is 0 Å². The normalized spacial score (nSPS) is 15.2. The lowest BCUT2D eigenvalue weighted by Crippen LogP contribution is -2.44. The van der Waals surface area contributed by atoms with Gasteiger partial charge in [-0.05, 0) is 49.1 Å². The molecular weight excluding hydrogens is 358 g/mol. The highest BCUT2D eigenvalue weighted by Crippen LogP contribution is 2.42. The van der Waals surface area contributed by atoms with Crippen molar-refractivity contribution in [2.24, 2.45) is 5.92 Å². The number of nitriles is 1. The summed E-state index contributed by atoms with van der Waals surface area (Å²) < 4.78 is 0.0613. The fourth-order valence-electron chi connectivity index (χ4n) is 3.33. The molecule has 1 aromatic carbocycles. The summed E-state index contributed by atoms with van der Waals surface area (Å²) in [7, 11) is 0. The first kappa shape index (κ1) is 19.2. The number of anilines is 1. The zero-order chi connectivity index (χ0) is 19.3. The van der Waals surface area contributed by atoms with Crippen LogP contribution in [0.5, 0.6) is 0 Å². The molecule has 0 bridgehead atoms. The topological polar surface area (TPSA) is 81.9 Å². The van der Waals surface area contributed by atoms with Crippen LogP contribution in [0.1, 0.15) is 32.3 Å². The van der Waals surface area contributed by atoms with Crippen LogP contribution < -0.4 is 5.32 Å². The monoisotopic (exact) mass is 381 g/mol. The molecule has 1 aliphatic heterocycles. The number of urea groups is 1. The fraction of sp³-hybridized carbons (Fsp3) is 0.400. The van der Waals surface area contributed by atoms with Gasteiger partial charge in [-0.15, -0.1) is 11.8 Å². The van der Waals surface area contributed by atoms with Crippen LogP contribution in [-0.2, 0) is 0 Å². The van der Waals surface area contributed by atoms with Crippen LogP contribution >= 0.6 is 11.8 Å². The largest absolute Gasteiger partial charge is 0.325 e. The summed E-state index contributed by atoms with van der Waals surface area (Å²) in [6.07, 6.45) is 5.04. The molecule has 1 aliphatic rings. The van der Waals surface area contributed by atoms with E-state index in [0.29, 0.717) is 17.2 Å². The predicted molar refractivity (Wildman–Crippen MR) is 106 cm³/mol. The van der Waals surface area contributed by atoms with Gasteiger partial charge in [0.15, 0.2) is 0 Å². The van der Waals surface area contributed by atoms with Gasteiger partial charge < -0.3 is 10.2 Å². The lowest BCUT2D eigenvalue weighted by molar-refractivity contribution is 0.173. The van der Waals surface area contributed by atoms with Gasteiger partial charge in [-0.3, -0.25) is 0 Å². The Hall–Kier alpha value is -2.59. The van der Waals surface area contributed by atoms with Crippen molar-refractivity contribution < 1.29 is 4.79 Å². The molecule has 1 N–H and O–H groups in total. The molecule has 140 valence electrons. The number of carbonyl (C=O) groups is 1. The maximum absolute atomic E-state index is 12.4. The highest BCUT2D eigenvalue weighted by atomic mass is 32.2. The summed E-state index contributed by atoms with van der Waals surface area (Å²) in [5, 5.41) is 19.3. The number of hydrogen-bond donors (Lipinski definition) is 1. The number of hydrogen-bond acceptors (Lipinski definition) is 5. The first-order valence-corrected chi connectivity index (χ1v) is 9.81. The van der Waals surface area contributed by atoms with Crippen LogP contribution in [0.25, 0.3) is 0 Å². The van der Waals surface area contributed by atoms with Gasteiger partial charge in [-0.2, -0.15) is 15.5 Å². The van der Waals surface area contributed by atoms with Crippen molar-refractivity contribution in [3.8, 4) is 6.07 Å². The number of rotatable bonds is 4. The number of nitrogens with one attached hydrogen (secondary N) is 1. The summed E-state index contributed by atoms with van der Waals surface area (Å²) in [6, 6.07) is 11.5. The highest BCUT2D eigenvalue weighted by molar-refractivity contribution is 8.00. The van der Waals surface area contributed by atoms with Crippen LogP contribution in [0, 0.1) is 17.2 Å². The van der Waals surface area contributed by atoms with Gasteiger partial charge in [0.25, 0.3) is 0 Å². The summed E-state index contributed by atoms with van der Waals surface area (Å²) in [5.74, 6) is 0.518. The molecule has 0 unspecified atom stereocenters. The van der Waals surface area contributed by atoms with E-state index in [1.165, 1.54) is 4.90 Å². The lowest BCUT2D eigenvalue weighted by Gasteiger charge is -2.40. The lowest BCUT2D eigenvalue weighted by atomic mass is 9.86. The number of likely N-dealkylation sites (tertiary alicyclic amines) is 1. The van der Waals surface area contributed by atoms with E-state index < -0.39 is 0 Å². The molecule has 1 aromatic heterocycles. The third-order valence-electron chi connectivity index (χ3n) is 4.97. The highest BCUT2D eigenvalue weighted by Gasteiger charge is 2.34. The van der Waals surface area contributed by atoms with E-state index >= 15 is 0 Å². The average molecular weight is 382 g/mol. The Bertz CT molecular complexity index is 809. The Labute approximate surface area is 164 Å². The molecule has 1 fully saturated rings. The minimum Gasteiger partial charge on any atom is -0.325 e. The summed E-state index contributed by atoms with van der Waals surface area (Å²) in [4.78, 5) is 15.4. The van der Waals surface area contributed by atoms with E-state index in [-0.39, 0.29) is 10.8 Å². The number of piperidine rings is 1. The summed E-state index contributed by atoms with van der Waals surface area (Å²) in [6.45, 7) is 6.01. The van der Waals surface area contributed by atoms with Crippen molar-refractivity contribution in [2.75, 3.05) is 18.4 Å².